The van der Waals surface area contributed by atoms with E-state index >= 15 is 0 Å². The van der Waals surface area contributed by atoms with E-state index < -0.39 is 6.10 Å². The molecule has 0 radical (unpaired) electrons. The van der Waals surface area contributed by atoms with Crippen molar-refractivity contribution in [2.75, 3.05) is 19.8 Å². The number of carbonyl (C=O) groups is 1. The minimum absolute atomic E-state index is 0.173. The fourth-order valence-corrected chi connectivity index (χ4v) is 4.01. The minimum atomic E-state index is -0.631. The first-order chi connectivity index (χ1) is 14.3. The molecule has 1 aliphatic heterocycles. The van der Waals surface area contributed by atoms with Gasteiger partial charge in [-0.1, -0.05) is 38.1 Å². The molecule has 1 fully saturated rings. The van der Waals surface area contributed by atoms with Crippen molar-refractivity contribution in [1.82, 2.24) is 5.32 Å². The Bertz CT molecular complexity index is 874. The summed E-state index contributed by atoms with van der Waals surface area (Å²) in [5.41, 5.74) is 2.75. The Morgan fingerprint density at radius 3 is 2.57 bits per heavy atom. The van der Waals surface area contributed by atoms with Crippen molar-refractivity contribution in [3.05, 3.63) is 65.0 Å². The van der Waals surface area contributed by atoms with Crippen LogP contribution in [-0.4, -0.2) is 31.8 Å². The number of hydrogen-bond acceptors (Lipinski definition) is 3. The summed E-state index contributed by atoms with van der Waals surface area (Å²) in [6.45, 7) is 9.61. The Balaban J connectivity index is 1.71. The van der Waals surface area contributed by atoms with Crippen molar-refractivity contribution in [2.24, 2.45) is 0 Å². The number of ether oxygens (including phenoxy) is 2. The van der Waals surface area contributed by atoms with Crippen molar-refractivity contribution in [1.29, 1.82) is 0 Å². The van der Waals surface area contributed by atoms with Gasteiger partial charge in [0.05, 0.1) is 0 Å². The van der Waals surface area contributed by atoms with Crippen molar-refractivity contribution >= 4 is 5.91 Å². The Kier molecular flexibility index (Phi) is 7.14. The molecular formula is C25H32FNO3. The number of carbonyl (C=O) groups excluding carboxylic acids is 1. The van der Waals surface area contributed by atoms with E-state index in [-0.39, 0.29) is 17.1 Å². The fraction of sp³-hybridized carbons (Fsp3) is 0.480. The second-order valence-electron chi connectivity index (χ2n) is 8.58. The first-order valence-electron chi connectivity index (χ1n) is 10.7. The number of aryl methyl sites for hydroxylation is 1. The molecule has 0 aromatic heterocycles. The van der Waals surface area contributed by atoms with E-state index in [1.807, 2.05) is 19.1 Å². The first-order valence-corrected chi connectivity index (χ1v) is 10.7. The lowest BCUT2D eigenvalue weighted by Gasteiger charge is -2.38. The molecule has 1 aliphatic rings. The first kappa shape index (κ1) is 22.3. The van der Waals surface area contributed by atoms with Gasteiger partial charge in [-0.3, -0.25) is 4.79 Å². The van der Waals surface area contributed by atoms with Crippen LogP contribution >= 0.6 is 0 Å². The van der Waals surface area contributed by atoms with Crippen LogP contribution < -0.4 is 10.1 Å². The lowest BCUT2D eigenvalue weighted by atomic mass is 9.74. The zero-order chi connectivity index (χ0) is 21.7. The summed E-state index contributed by atoms with van der Waals surface area (Å²) in [5, 5.41) is 3.05. The highest BCUT2D eigenvalue weighted by molar-refractivity contribution is 5.80. The normalized spacial score (nSPS) is 16.9. The van der Waals surface area contributed by atoms with Crippen LogP contribution in [-0.2, 0) is 14.9 Å². The van der Waals surface area contributed by atoms with Crippen LogP contribution in [0.25, 0.3) is 0 Å². The van der Waals surface area contributed by atoms with Gasteiger partial charge < -0.3 is 14.8 Å². The van der Waals surface area contributed by atoms with E-state index in [1.54, 1.807) is 19.1 Å². The summed E-state index contributed by atoms with van der Waals surface area (Å²) < 4.78 is 25.4. The van der Waals surface area contributed by atoms with Gasteiger partial charge in [0.1, 0.15) is 11.6 Å². The van der Waals surface area contributed by atoms with Gasteiger partial charge in [-0.05, 0) is 67.5 Å². The van der Waals surface area contributed by atoms with Gasteiger partial charge in [0.2, 0.25) is 0 Å². The smallest absolute Gasteiger partial charge is 0.260 e. The molecular weight excluding hydrogens is 381 g/mol. The molecule has 3 rings (SSSR count). The predicted octanol–water partition coefficient (Wildman–Crippen LogP) is 4.89. The molecule has 162 valence electrons. The fourth-order valence-electron chi connectivity index (χ4n) is 4.01. The van der Waals surface area contributed by atoms with E-state index in [1.165, 1.54) is 6.07 Å². The molecule has 0 aliphatic carbocycles. The molecule has 0 saturated carbocycles. The maximum Gasteiger partial charge on any atom is 0.260 e. The monoisotopic (exact) mass is 413 g/mol. The third-order valence-corrected chi connectivity index (χ3v) is 5.95. The van der Waals surface area contributed by atoms with Crippen LogP contribution in [0.2, 0.25) is 0 Å². The number of hydrogen-bond donors (Lipinski definition) is 1. The number of amides is 1. The van der Waals surface area contributed by atoms with E-state index in [0.717, 1.165) is 35.3 Å². The van der Waals surface area contributed by atoms with Gasteiger partial charge in [-0.15, -0.1) is 0 Å². The average molecular weight is 414 g/mol. The van der Waals surface area contributed by atoms with E-state index in [9.17, 15) is 9.18 Å². The molecule has 2 aromatic rings. The van der Waals surface area contributed by atoms with Crippen LogP contribution in [0.3, 0.4) is 0 Å². The maximum atomic E-state index is 13.9. The molecule has 30 heavy (non-hydrogen) atoms. The molecule has 1 heterocycles. The SMILES string of the molecule is Cc1ccc(C(C)C)c(OC(C)C(=O)NCC2(c3cccc(F)c3)CCOCC2)c1. The number of rotatable bonds is 7. The van der Waals surface area contributed by atoms with Crippen molar-refractivity contribution < 1.29 is 18.7 Å². The van der Waals surface area contributed by atoms with Gasteiger partial charge in [-0.25, -0.2) is 4.39 Å². The standard InChI is InChI=1S/C25H32FNO3/c1-17(2)22-9-8-18(3)14-23(22)30-19(4)24(28)27-16-25(10-12-29-13-11-25)20-6-5-7-21(26)15-20/h5-9,14-15,17,19H,10-13,16H2,1-4H3,(H,27,28). The Morgan fingerprint density at radius 1 is 1.17 bits per heavy atom. The zero-order valence-electron chi connectivity index (χ0n) is 18.3. The van der Waals surface area contributed by atoms with E-state index in [4.69, 9.17) is 9.47 Å². The molecule has 1 N–H and O–H groups in total. The second kappa shape index (κ2) is 9.61. The van der Waals surface area contributed by atoms with Gasteiger partial charge in [0.25, 0.3) is 5.91 Å². The second-order valence-corrected chi connectivity index (χ2v) is 8.58. The van der Waals surface area contributed by atoms with Gasteiger partial charge in [-0.2, -0.15) is 0 Å². The van der Waals surface area contributed by atoms with Crippen molar-refractivity contribution in [3.8, 4) is 5.75 Å². The van der Waals surface area contributed by atoms with Crippen LogP contribution in [0.5, 0.6) is 5.75 Å². The Morgan fingerprint density at radius 2 is 1.90 bits per heavy atom. The highest BCUT2D eigenvalue weighted by atomic mass is 19.1. The van der Waals surface area contributed by atoms with E-state index in [2.05, 4.69) is 31.3 Å². The summed E-state index contributed by atoms with van der Waals surface area (Å²) in [4.78, 5) is 12.9. The summed E-state index contributed by atoms with van der Waals surface area (Å²) in [6, 6.07) is 12.8. The zero-order valence-corrected chi connectivity index (χ0v) is 18.3. The molecule has 1 atom stereocenters. The van der Waals surface area contributed by atoms with Crippen molar-refractivity contribution in [2.45, 2.75) is 58.0 Å². The third kappa shape index (κ3) is 5.20. The third-order valence-electron chi connectivity index (χ3n) is 5.95. The molecule has 2 aromatic carbocycles. The molecule has 1 unspecified atom stereocenters. The Hall–Kier alpha value is -2.40. The molecule has 1 amide bonds. The van der Waals surface area contributed by atoms with Gasteiger partial charge in [0.15, 0.2) is 6.10 Å². The minimum Gasteiger partial charge on any atom is -0.481 e. The summed E-state index contributed by atoms with van der Waals surface area (Å²) in [6.07, 6.45) is 0.844. The number of nitrogens with one attached hydrogen (secondary N) is 1. The topological polar surface area (TPSA) is 47.6 Å². The molecule has 0 bridgehead atoms. The molecule has 0 spiro atoms. The lowest BCUT2D eigenvalue weighted by Crippen LogP contribution is -2.47. The molecule has 1 saturated heterocycles. The van der Waals surface area contributed by atoms with E-state index in [0.29, 0.717) is 25.7 Å². The van der Waals surface area contributed by atoms with Gasteiger partial charge >= 0.3 is 0 Å². The summed E-state index contributed by atoms with van der Waals surface area (Å²) in [5.74, 6) is 0.614. The quantitative estimate of drug-likeness (QED) is 0.703. The highest BCUT2D eigenvalue weighted by Gasteiger charge is 2.35. The highest BCUT2D eigenvalue weighted by Crippen LogP contribution is 2.35. The predicted molar refractivity (Wildman–Crippen MR) is 116 cm³/mol. The molecule has 5 heteroatoms. The average Bonchev–Trinajstić information content (AvgIpc) is 2.72. The van der Waals surface area contributed by atoms with Crippen LogP contribution in [0.1, 0.15) is 56.2 Å². The van der Waals surface area contributed by atoms with Crippen LogP contribution in [0, 0.1) is 12.7 Å². The maximum absolute atomic E-state index is 13.9. The largest absolute Gasteiger partial charge is 0.481 e. The number of benzene rings is 2. The summed E-state index contributed by atoms with van der Waals surface area (Å²) in [7, 11) is 0. The lowest BCUT2D eigenvalue weighted by molar-refractivity contribution is -0.127. The van der Waals surface area contributed by atoms with Crippen molar-refractivity contribution in [3.63, 3.8) is 0 Å². The van der Waals surface area contributed by atoms with Crippen LogP contribution in [0.4, 0.5) is 4.39 Å². The Labute approximate surface area is 178 Å². The summed E-state index contributed by atoms with van der Waals surface area (Å²) >= 11 is 0. The van der Waals surface area contributed by atoms with Gasteiger partial charge in [0, 0.05) is 25.2 Å². The number of halogens is 1. The molecule has 4 nitrogen and oxygen atoms in total. The van der Waals surface area contributed by atoms with Crippen LogP contribution in [0.15, 0.2) is 42.5 Å².